The number of rotatable bonds is 9. The highest BCUT2D eigenvalue weighted by Crippen LogP contribution is 2.32. The van der Waals surface area contributed by atoms with E-state index in [2.05, 4.69) is 10.6 Å². The van der Waals surface area contributed by atoms with E-state index in [0.29, 0.717) is 36.4 Å². The lowest BCUT2D eigenvalue weighted by Crippen LogP contribution is -2.45. The molecule has 0 fully saturated rings. The lowest BCUT2D eigenvalue weighted by Gasteiger charge is -2.23. The van der Waals surface area contributed by atoms with Crippen LogP contribution >= 0.6 is 12.4 Å². The summed E-state index contributed by atoms with van der Waals surface area (Å²) in [4.78, 5) is 24.4. The minimum atomic E-state index is -0.966. The van der Waals surface area contributed by atoms with Gasteiger partial charge in [-0.25, -0.2) is 0 Å². The van der Waals surface area contributed by atoms with Crippen LogP contribution < -0.4 is 20.1 Å². The van der Waals surface area contributed by atoms with Gasteiger partial charge in [-0.2, -0.15) is 0 Å². The second kappa shape index (κ2) is 10.7. The van der Waals surface area contributed by atoms with E-state index in [9.17, 15) is 14.7 Å². The number of carboxylic acid groups (broad SMARTS) is 1. The number of fused-ring (bicyclic) bond motifs is 1. The van der Waals surface area contributed by atoms with Gasteiger partial charge in [0.25, 0.3) is 0 Å². The highest BCUT2D eigenvalue weighted by molar-refractivity contribution is 5.85. The number of aliphatic carboxylic acids is 1. The van der Waals surface area contributed by atoms with Crippen molar-refractivity contribution in [1.29, 1.82) is 0 Å². The number of benzene rings is 2. The molecule has 7 nitrogen and oxygen atoms in total. The topological polar surface area (TPSA) is 96.9 Å². The Labute approximate surface area is 175 Å². The maximum atomic E-state index is 12.9. The fraction of sp³-hybridized carbons (Fsp3) is 0.333. The Bertz CT molecular complexity index is 831. The number of ether oxygens (including phenoxy) is 2. The summed E-state index contributed by atoms with van der Waals surface area (Å²) in [5.74, 6) is 0.0821. The molecule has 3 N–H and O–H groups in total. The van der Waals surface area contributed by atoms with Crippen LogP contribution in [0, 0.1) is 0 Å². The van der Waals surface area contributed by atoms with Crippen molar-refractivity contribution < 1.29 is 24.2 Å². The molecule has 1 aliphatic heterocycles. The molecule has 2 aromatic rings. The average molecular weight is 421 g/mol. The van der Waals surface area contributed by atoms with Gasteiger partial charge in [0.05, 0.1) is 0 Å². The van der Waals surface area contributed by atoms with Gasteiger partial charge < -0.3 is 19.9 Å². The monoisotopic (exact) mass is 420 g/mol. The normalized spacial score (nSPS) is 13.8. The zero-order chi connectivity index (χ0) is 19.9. The number of hydrogen-bond donors (Lipinski definition) is 3. The van der Waals surface area contributed by atoms with Gasteiger partial charge in [-0.15, -0.1) is 12.4 Å². The van der Waals surface area contributed by atoms with E-state index in [4.69, 9.17) is 9.47 Å². The fourth-order valence-corrected chi connectivity index (χ4v) is 3.08. The van der Waals surface area contributed by atoms with Crippen molar-refractivity contribution in [3.63, 3.8) is 0 Å². The standard InChI is InChI=1S/C21H24N2O5.ClH/c1-2-6-16(21(25)26)23-19(15-7-4-3-5-8-15)20(24)22-12-14-9-10-17-18(11-14)28-13-27-17;/h3-5,7-11,16,19,23H,2,6,12-13H2,1H3,(H,22,24)(H,25,26);1H. The van der Waals surface area contributed by atoms with Crippen molar-refractivity contribution in [2.45, 2.75) is 38.4 Å². The first-order valence-electron chi connectivity index (χ1n) is 9.28. The summed E-state index contributed by atoms with van der Waals surface area (Å²) in [7, 11) is 0. The number of carbonyl (C=O) groups is 2. The first-order valence-corrected chi connectivity index (χ1v) is 9.28. The van der Waals surface area contributed by atoms with E-state index in [1.807, 2.05) is 49.4 Å². The quantitative estimate of drug-likeness (QED) is 0.577. The van der Waals surface area contributed by atoms with Gasteiger partial charge >= 0.3 is 5.97 Å². The van der Waals surface area contributed by atoms with E-state index < -0.39 is 18.1 Å². The molecule has 2 atom stereocenters. The molecule has 8 heteroatoms. The van der Waals surface area contributed by atoms with Crippen LogP contribution in [0.25, 0.3) is 0 Å². The molecule has 1 amide bonds. The SMILES string of the molecule is CCCC(NC(C(=O)NCc1ccc2c(c1)OCO2)c1ccccc1)C(=O)O.Cl. The molecule has 0 aromatic heterocycles. The van der Waals surface area contributed by atoms with Gasteiger partial charge in [0, 0.05) is 6.54 Å². The van der Waals surface area contributed by atoms with E-state index in [1.54, 1.807) is 6.07 Å². The molecule has 1 aliphatic rings. The molecule has 2 aromatic carbocycles. The predicted octanol–water partition coefficient (Wildman–Crippen LogP) is 3.04. The Hall–Kier alpha value is -2.77. The van der Waals surface area contributed by atoms with E-state index in [0.717, 1.165) is 5.56 Å². The molecule has 0 spiro atoms. The zero-order valence-electron chi connectivity index (χ0n) is 16.1. The number of hydrogen-bond acceptors (Lipinski definition) is 5. The molecule has 156 valence electrons. The summed E-state index contributed by atoms with van der Waals surface area (Å²) in [5.41, 5.74) is 1.58. The van der Waals surface area contributed by atoms with Crippen LogP contribution in [0.4, 0.5) is 0 Å². The highest BCUT2D eigenvalue weighted by atomic mass is 35.5. The minimum Gasteiger partial charge on any atom is -0.480 e. The van der Waals surface area contributed by atoms with Crippen LogP contribution in [0.15, 0.2) is 48.5 Å². The predicted molar refractivity (Wildman–Crippen MR) is 110 cm³/mol. The van der Waals surface area contributed by atoms with Crippen molar-refractivity contribution >= 4 is 24.3 Å². The van der Waals surface area contributed by atoms with Crippen molar-refractivity contribution in [3.05, 3.63) is 59.7 Å². The molecular formula is C21H25ClN2O5. The third kappa shape index (κ3) is 5.85. The van der Waals surface area contributed by atoms with Gasteiger partial charge in [-0.05, 0) is 29.7 Å². The first kappa shape index (κ1) is 22.5. The minimum absolute atomic E-state index is 0. The Kier molecular flexibility index (Phi) is 8.30. The molecule has 29 heavy (non-hydrogen) atoms. The maximum Gasteiger partial charge on any atom is 0.320 e. The Balaban J connectivity index is 0.00000300. The van der Waals surface area contributed by atoms with Crippen molar-refractivity contribution in [2.75, 3.05) is 6.79 Å². The number of carbonyl (C=O) groups excluding carboxylic acids is 1. The molecule has 0 aliphatic carbocycles. The third-order valence-electron chi connectivity index (χ3n) is 4.54. The van der Waals surface area contributed by atoms with Crippen LogP contribution in [0.3, 0.4) is 0 Å². The molecule has 3 rings (SSSR count). The summed E-state index contributed by atoms with van der Waals surface area (Å²) in [6.07, 6.45) is 1.14. The number of amides is 1. The molecule has 1 heterocycles. The van der Waals surface area contributed by atoms with Gasteiger partial charge in [0.1, 0.15) is 12.1 Å². The van der Waals surface area contributed by atoms with Crippen LogP contribution in [0.5, 0.6) is 11.5 Å². The van der Waals surface area contributed by atoms with E-state index >= 15 is 0 Å². The largest absolute Gasteiger partial charge is 0.480 e. The van der Waals surface area contributed by atoms with Gasteiger partial charge in [0.2, 0.25) is 12.7 Å². The first-order chi connectivity index (χ1) is 13.6. The average Bonchev–Trinajstić information content (AvgIpc) is 3.17. The Morgan fingerprint density at radius 1 is 1.10 bits per heavy atom. The van der Waals surface area contributed by atoms with Crippen molar-refractivity contribution in [1.82, 2.24) is 10.6 Å². The Morgan fingerprint density at radius 3 is 2.52 bits per heavy atom. The lowest BCUT2D eigenvalue weighted by molar-refractivity contribution is -0.140. The summed E-state index contributed by atoms with van der Waals surface area (Å²) in [6.45, 7) is 2.40. The van der Waals surface area contributed by atoms with Crippen LogP contribution in [-0.2, 0) is 16.1 Å². The van der Waals surface area contributed by atoms with Crippen LogP contribution in [0.1, 0.15) is 36.9 Å². The fourth-order valence-electron chi connectivity index (χ4n) is 3.08. The van der Waals surface area contributed by atoms with Crippen molar-refractivity contribution in [2.24, 2.45) is 0 Å². The second-order valence-electron chi connectivity index (χ2n) is 6.60. The van der Waals surface area contributed by atoms with Gasteiger partial charge in [-0.3, -0.25) is 14.9 Å². The number of carboxylic acids is 1. The van der Waals surface area contributed by atoms with Crippen LogP contribution in [-0.4, -0.2) is 29.8 Å². The molecule has 2 unspecified atom stereocenters. The second-order valence-corrected chi connectivity index (χ2v) is 6.60. The summed E-state index contributed by atoms with van der Waals surface area (Å²) in [5, 5.41) is 15.3. The Morgan fingerprint density at radius 2 is 1.83 bits per heavy atom. The van der Waals surface area contributed by atoms with E-state index in [1.165, 1.54) is 0 Å². The van der Waals surface area contributed by atoms with E-state index in [-0.39, 0.29) is 25.1 Å². The van der Waals surface area contributed by atoms with Gasteiger partial charge in [-0.1, -0.05) is 49.7 Å². The number of nitrogens with one attached hydrogen (secondary N) is 2. The highest BCUT2D eigenvalue weighted by Gasteiger charge is 2.27. The third-order valence-corrected chi connectivity index (χ3v) is 4.54. The zero-order valence-corrected chi connectivity index (χ0v) is 16.9. The molecule has 0 saturated heterocycles. The molecule has 0 bridgehead atoms. The lowest BCUT2D eigenvalue weighted by atomic mass is 10.0. The van der Waals surface area contributed by atoms with Crippen molar-refractivity contribution in [3.8, 4) is 11.5 Å². The number of halogens is 1. The van der Waals surface area contributed by atoms with Gasteiger partial charge in [0.15, 0.2) is 11.5 Å². The summed E-state index contributed by atoms with van der Waals surface area (Å²) < 4.78 is 10.6. The molecule has 0 radical (unpaired) electrons. The molecular weight excluding hydrogens is 396 g/mol. The maximum absolute atomic E-state index is 12.9. The summed E-state index contributed by atoms with van der Waals surface area (Å²) in [6, 6.07) is 13.0. The summed E-state index contributed by atoms with van der Waals surface area (Å²) >= 11 is 0. The molecule has 0 saturated carbocycles. The van der Waals surface area contributed by atoms with Crippen LogP contribution in [0.2, 0.25) is 0 Å². The smallest absolute Gasteiger partial charge is 0.320 e.